The number of amides is 1. The van der Waals surface area contributed by atoms with Crippen LogP contribution in [0.5, 0.6) is 5.75 Å². The van der Waals surface area contributed by atoms with E-state index in [-0.39, 0.29) is 11.9 Å². The Labute approximate surface area is 114 Å². The van der Waals surface area contributed by atoms with Gasteiger partial charge >= 0.3 is 0 Å². The molecule has 1 aromatic rings. The number of rotatable bonds is 6. The number of benzene rings is 1. The molecular formula is C15H22N2O2. The molecule has 4 nitrogen and oxygen atoms in total. The second-order valence-corrected chi connectivity index (χ2v) is 4.81. The van der Waals surface area contributed by atoms with E-state index in [9.17, 15) is 4.79 Å². The third-order valence-electron chi connectivity index (χ3n) is 3.26. The first kappa shape index (κ1) is 13.9. The van der Waals surface area contributed by atoms with E-state index in [4.69, 9.17) is 4.74 Å². The molecule has 104 valence electrons. The van der Waals surface area contributed by atoms with E-state index in [0.29, 0.717) is 13.2 Å². The second kappa shape index (κ2) is 7.79. The van der Waals surface area contributed by atoms with E-state index in [1.54, 1.807) is 0 Å². The first-order valence-electron chi connectivity index (χ1n) is 7.05. The maximum Gasteiger partial charge on any atom is 0.237 e. The van der Waals surface area contributed by atoms with E-state index < -0.39 is 0 Å². The fourth-order valence-corrected chi connectivity index (χ4v) is 2.19. The Morgan fingerprint density at radius 3 is 2.89 bits per heavy atom. The highest BCUT2D eigenvalue weighted by Crippen LogP contribution is 2.08. The average molecular weight is 262 g/mol. The Hall–Kier alpha value is -1.55. The number of para-hydroxylation sites is 1. The van der Waals surface area contributed by atoms with Crippen LogP contribution < -0.4 is 15.4 Å². The Balaban J connectivity index is 1.55. The zero-order valence-corrected chi connectivity index (χ0v) is 11.2. The number of nitrogens with one attached hydrogen (secondary N) is 2. The number of carbonyl (C=O) groups is 1. The Kier molecular flexibility index (Phi) is 5.69. The zero-order valence-electron chi connectivity index (χ0n) is 11.2. The van der Waals surface area contributed by atoms with Crippen LogP contribution in [0.3, 0.4) is 0 Å². The van der Waals surface area contributed by atoms with Crippen molar-refractivity contribution < 1.29 is 9.53 Å². The number of carbonyl (C=O) groups excluding carboxylic acids is 1. The fourth-order valence-electron chi connectivity index (χ4n) is 2.19. The minimum absolute atomic E-state index is 0.00351. The van der Waals surface area contributed by atoms with Gasteiger partial charge in [0.05, 0.1) is 12.6 Å². The maximum absolute atomic E-state index is 11.8. The molecule has 1 amide bonds. The van der Waals surface area contributed by atoms with Gasteiger partial charge in [-0.3, -0.25) is 4.79 Å². The summed E-state index contributed by atoms with van der Waals surface area (Å²) < 4.78 is 5.57. The van der Waals surface area contributed by atoms with Crippen LogP contribution in [0.2, 0.25) is 0 Å². The molecule has 1 aromatic carbocycles. The van der Waals surface area contributed by atoms with Crippen molar-refractivity contribution in [3.63, 3.8) is 0 Å². The molecule has 2 N–H and O–H groups in total. The number of hydrogen-bond donors (Lipinski definition) is 2. The summed E-state index contributed by atoms with van der Waals surface area (Å²) in [6.45, 7) is 2.25. The highest BCUT2D eigenvalue weighted by molar-refractivity contribution is 5.81. The molecule has 1 aliphatic rings. The summed E-state index contributed by atoms with van der Waals surface area (Å²) in [6, 6.07) is 9.74. The van der Waals surface area contributed by atoms with E-state index in [1.165, 1.54) is 6.42 Å². The van der Waals surface area contributed by atoms with Gasteiger partial charge in [-0.05, 0) is 37.9 Å². The van der Waals surface area contributed by atoms with Crippen LogP contribution in [0.1, 0.15) is 25.7 Å². The van der Waals surface area contributed by atoms with Crippen LogP contribution in [0.15, 0.2) is 30.3 Å². The number of ether oxygens (including phenoxy) is 1. The van der Waals surface area contributed by atoms with Crippen LogP contribution in [0.4, 0.5) is 0 Å². The predicted molar refractivity (Wildman–Crippen MR) is 75.2 cm³/mol. The summed E-state index contributed by atoms with van der Waals surface area (Å²) in [5, 5.41) is 6.20. The molecule has 1 atom stereocenters. The normalized spacial score (nSPS) is 18.8. The van der Waals surface area contributed by atoms with Gasteiger partial charge in [-0.25, -0.2) is 0 Å². The van der Waals surface area contributed by atoms with Crippen molar-refractivity contribution in [1.82, 2.24) is 10.6 Å². The molecular weight excluding hydrogens is 240 g/mol. The van der Waals surface area contributed by atoms with Gasteiger partial charge in [-0.1, -0.05) is 24.6 Å². The predicted octanol–water partition coefficient (Wildman–Crippen LogP) is 1.71. The van der Waals surface area contributed by atoms with Crippen molar-refractivity contribution >= 4 is 5.91 Å². The summed E-state index contributed by atoms with van der Waals surface area (Å²) >= 11 is 0. The van der Waals surface area contributed by atoms with Crippen LogP contribution >= 0.6 is 0 Å². The summed E-state index contributed by atoms with van der Waals surface area (Å²) in [4.78, 5) is 11.8. The standard InChI is InChI=1S/C15H22N2O2/c18-15(14-9-4-5-10-16-14)17-11-6-12-19-13-7-2-1-3-8-13/h1-3,7-8,14,16H,4-6,9-12H2,(H,17,18)/t14-/m0/s1. The van der Waals surface area contributed by atoms with Crippen molar-refractivity contribution in [2.75, 3.05) is 19.7 Å². The lowest BCUT2D eigenvalue weighted by Crippen LogP contribution is -2.46. The van der Waals surface area contributed by atoms with E-state index in [2.05, 4.69) is 10.6 Å². The highest BCUT2D eigenvalue weighted by atomic mass is 16.5. The zero-order chi connectivity index (χ0) is 13.3. The first-order chi connectivity index (χ1) is 9.36. The van der Waals surface area contributed by atoms with Gasteiger partial charge in [0, 0.05) is 6.54 Å². The van der Waals surface area contributed by atoms with E-state index in [0.717, 1.165) is 31.6 Å². The van der Waals surface area contributed by atoms with Gasteiger partial charge in [0.1, 0.15) is 5.75 Å². The van der Waals surface area contributed by atoms with Crippen molar-refractivity contribution in [2.45, 2.75) is 31.7 Å². The van der Waals surface area contributed by atoms with Crippen molar-refractivity contribution in [1.29, 1.82) is 0 Å². The monoisotopic (exact) mass is 262 g/mol. The lowest BCUT2D eigenvalue weighted by Gasteiger charge is -2.22. The minimum Gasteiger partial charge on any atom is -0.494 e. The summed E-state index contributed by atoms with van der Waals surface area (Å²) in [6.07, 6.45) is 4.09. The molecule has 1 aliphatic heterocycles. The van der Waals surface area contributed by atoms with Crippen molar-refractivity contribution in [3.8, 4) is 5.75 Å². The molecule has 0 aliphatic carbocycles. The molecule has 1 saturated heterocycles. The van der Waals surface area contributed by atoms with Crippen LogP contribution in [0.25, 0.3) is 0 Å². The molecule has 0 spiro atoms. The molecule has 19 heavy (non-hydrogen) atoms. The third-order valence-corrected chi connectivity index (χ3v) is 3.26. The first-order valence-corrected chi connectivity index (χ1v) is 7.05. The summed E-state index contributed by atoms with van der Waals surface area (Å²) in [5.74, 6) is 1.00. The summed E-state index contributed by atoms with van der Waals surface area (Å²) in [7, 11) is 0. The molecule has 4 heteroatoms. The van der Waals surface area contributed by atoms with Crippen molar-refractivity contribution in [3.05, 3.63) is 30.3 Å². The molecule has 0 aromatic heterocycles. The topological polar surface area (TPSA) is 50.4 Å². The quantitative estimate of drug-likeness (QED) is 0.767. The highest BCUT2D eigenvalue weighted by Gasteiger charge is 2.19. The van der Waals surface area contributed by atoms with E-state index >= 15 is 0 Å². The van der Waals surface area contributed by atoms with Crippen molar-refractivity contribution in [2.24, 2.45) is 0 Å². The van der Waals surface area contributed by atoms with Gasteiger partial charge in [-0.15, -0.1) is 0 Å². The second-order valence-electron chi connectivity index (χ2n) is 4.81. The Morgan fingerprint density at radius 2 is 2.16 bits per heavy atom. The fraction of sp³-hybridized carbons (Fsp3) is 0.533. The summed E-state index contributed by atoms with van der Waals surface area (Å²) in [5.41, 5.74) is 0. The van der Waals surface area contributed by atoms with Gasteiger partial charge in [0.15, 0.2) is 0 Å². The molecule has 0 unspecified atom stereocenters. The Bertz CT molecular complexity index is 375. The average Bonchev–Trinajstić information content (AvgIpc) is 2.49. The third kappa shape index (κ3) is 4.91. The lowest BCUT2D eigenvalue weighted by atomic mass is 10.0. The van der Waals surface area contributed by atoms with Gasteiger partial charge in [-0.2, -0.15) is 0 Å². The van der Waals surface area contributed by atoms with Gasteiger partial charge in [0.2, 0.25) is 5.91 Å². The Morgan fingerprint density at radius 1 is 1.32 bits per heavy atom. The molecule has 2 rings (SSSR count). The number of hydrogen-bond acceptors (Lipinski definition) is 3. The largest absolute Gasteiger partial charge is 0.494 e. The van der Waals surface area contributed by atoms with Gasteiger partial charge in [0.25, 0.3) is 0 Å². The molecule has 1 heterocycles. The molecule has 0 saturated carbocycles. The van der Waals surface area contributed by atoms with Crippen LogP contribution in [0, 0.1) is 0 Å². The minimum atomic E-state index is 0.00351. The number of piperidine rings is 1. The molecule has 1 fully saturated rings. The van der Waals surface area contributed by atoms with Gasteiger partial charge < -0.3 is 15.4 Å². The van der Waals surface area contributed by atoms with Crippen LogP contribution in [-0.4, -0.2) is 31.6 Å². The SMILES string of the molecule is O=C(NCCCOc1ccccc1)[C@@H]1CCCCN1. The van der Waals surface area contributed by atoms with Crippen LogP contribution in [-0.2, 0) is 4.79 Å². The molecule has 0 radical (unpaired) electrons. The lowest BCUT2D eigenvalue weighted by molar-refractivity contribution is -0.123. The smallest absolute Gasteiger partial charge is 0.237 e. The maximum atomic E-state index is 11.8. The molecule has 0 bridgehead atoms. The van der Waals surface area contributed by atoms with E-state index in [1.807, 2.05) is 30.3 Å².